The molecule has 0 heterocycles. The van der Waals surface area contributed by atoms with Gasteiger partial charge < -0.3 is 0 Å². The molecular weight excluding hydrogens is 216 g/mol. The first-order chi connectivity index (χ1) is 8.51. The lowest BCUT2D eigenvalue weighted by atomic mass is 9.83. The van der Waals surface area contributed by atoms with Crippen molar-refractivity contribution in [1.82, 2.24) is 0 Å². The molecule has 0 aromatic heterocycles. The molecule has 4 unspecified atom stereocenters. The maximum absolute atomic E-state index is 2.47. The van der Waals surface area contributed by atoms with E-state index >= 15 is 0 Å². The molecule has 0 heteroatoms. The summed E-state index contributed by atoms with van der Waals surface area (Å²) < 4.78 is 0. The van der Waals surface area contributed by atoms with Gasteiger partial charge in [0.15, 0.2) is 0 Å². The minimum absolute atomic E-state index is 0.915. The van der Waals surface area contributed by atoms with Crippen molar-refractivity contribution in [3.8, 4) is 0 Å². The van der Waals surface area contributed by atoms with Crippen molar-refractivity contribution < 1.29 is 0 Å². The quantitative estimate of drug-likeness (QED) is 0.385. The van der Waals surface area contributed by atoms with Crippen molar-refractivity contribution in [2.45, 2.75) is 92.9 Å². The number of hydrogen-bond acceptors (Lipinski definition) is 0. The molecule has 0 aliphatic rings. The molecular formula is C18H38. The highest BCUT2D eigenvalue weighted by Crippen LogP contribution is 2.26. The molecule has 0 radical (unpaired) electrons. The van der Waals surface area contributed by atoms with Gasteiger partial charge in [0, 0.05) is 0 Å². The lowest BCUT2D eigenvalue weighted by Gasteiger charge is -2.23. The highest BCUT2D eigenvalue weighted by atomic mass is 14.2. The normalized spacial score (nSPS) is 18.3. The Labute approximate surface area is 117 Å². The Kier molecular flexibility index (Phi) is 10.9. The zero-order chi connectivity index (χ0) is 14.0. The molecule has 18 heavy (non-hydrogen) atoms. The summed E-state index contributed by atoms with van der Waals surface area (Å²) in [6, 6.07) is 0. The van der Waals surface area contributed by atoms with E-state index in [2.05, 4.69) is 41.5 Å². The van der Waals surface area contributed by atoms with E-state index < -0.39 is 0 Å². The van der Waals surface area contributed by atoms with Gasteiger partial charge in [0.05, 0.1) is 0 Å². The van der Waals surface area contributed by atoms with E-state index in [9.17, 15) is 0 Å². The van der Waals surface area contributed by atoms with Crippen LogP contribution in [0.25, 0.3) is 0 Å². The van der Waals surface area contributed by atoms with E-state index in [1.165, 1.54) is 51.4 Å². The van der Waals surface area contributed by atoms with Gasteiger partial charge in [0.1, 0.15) is 0 Å². The minimum Gasteiger partial charge on any atom is -0.0654 e. The molecule has 0 aliphatic carbocycles. The summed E-state index contributed by atoms with van der Waals surface area (Å²) in [7, 11) is 0. The van der Waals surface area contributed by atoms with Crippen molar-refractivity contribution in [3.05, 3.63) is 0 Å². The van der Waals surface area contributed by atoms with Gasteiger partial charge in [-0.15, -0.1) is 0 Å². The van der Waals surface area contributed by atoms with Crippen LogP contribution in [0.3, 0.4) is 0 Å². The number of rotatable bonds is 11. The van der Waals surface area contributed by atoms with Crippen LogP contribution in [0.4, 0.5) is 0 Å². The third-order valence-electron chi connectivity index (χ3n) is 4.76. The zero-order valence-corrected chi connectivity index (χ0v) is 14.0. The third-order valence-corrected chi connectivity index (χ3v) is 4.76. The maximum atomic E-state index is 2.47. The second-order valence-corrected chi connectivity index (χ2v) is 6.90. The smallest absolute Gasteiger partial charge is 0.0417 e. The predicted octanol–water partition coefficient (Wildman–Crippen LogP) is 6.69. The van der Waals surface area contributed by atoms with Crippen LogP contribution in [0.1, 0.15) is 92.9 Å². The van der Waals surface area contributed by atoms with Crippen LogP contribution < -0.4 is 0 Å². The van der Waals surface area contributed by atoms with Crippen LogP contribution in [0, 0.1) is 23.7 Å². The predicted molar refractivity (Wildman–Crippen MR) is 84.9 cm³/mol. The molecule has 0 amide bonds. The van der Waals surface area contributed by atoms with Gasteiger partial charge in [-0.25, -0.2) is 0 Å². The van der Waals surface area contributed by atoms with Crippen molar-refractivity contribution in [2.24, 2.45) is 23.7 Å². The maximum Gasteiger partial charge on any atom is -0.0417 e. The Morgan fingerprint density at radius 3 is 1.11 bits per heavy atom. The van der Waals surface area contributed by atoms with E-state index in [0.717, 1.165) is 23.7 Å². The van der Waals surface area contributed by atoms with Crippen LogP contribution in [0.2, 0.25) is 0 Å². The summed E-state index contributed by atoms with van der Waals surface area (Å²) >= 11 is 0. The van der Waals surface area contributed by atoms with E-state index in [4.69, 9.17) is 0 Å². The summed E-state index contributed by atoms with van der Waals surface area (Å²) in [5.41, 5.74) is 0. The molecule has 0 bridgehead atoms. The highest BCUT2D eigenvalue weighted by Gasteiger charge is 2.14. The molecule has 0 N–H and O–H groups in total. The van der Waals surface area contributed by atoms with Gasteiger partial charge in [0.2, 0.25) is 0 Å². The van der Waals surface area contributed by atoms with Crippen LogP contribution >= 0.6 is 0 Å². The van der Waals surface area contributed by atoms with Crippen LogP contribution in [0.5, 0.6) is 0 Å². The Bertz CT molecular complexity index is 153. The van der Waals surface area contributed by atoms with E-state index in [1.807, 2.05) is 0 Å². The standard InChI is InChI=1S/C18H38/c1-7-9-15(3)11-13-17(5)18(6)14-12-16(4)10-8-2/h15-18H,7-14H2,1-6H3. The van der Waals surface area contributed by atoms with E-state index in [-0.39, 0.29) is 0 Å². The second kappa shape index (κ2) is 10.9. The molecule has 0 saturated heterocycles. The largest absolute Gasteiger partial charge is 0.0654 e. The van der Waals surface area contributed by atoms with Crippen molar-refractivity contribution in [3.63, 3.8) is 0 Å². The van der Waals surface area contributed by atoms with Crippen LogP contribution in [-0.4, -0.2) is 0 Å². The van der Waals surface area contributed by atoms with Crippen LogP contribution in [0.15, 0.2) is 0 Å². The summed E-state index contributed by atoms with van der Waals surface area (Å²) in [6.45, 7) is 14.4. The second-order valence-electron chi connectivity index (χ2n) is 6.90. The van der Waals surface area contributed by atoms with Gasteiger partial charge in [-0.1, -0.05) is 92.9 Å². The van der Waals surface area contributed by atoms with Crippen molar-refractivity contribution in [1.29, 1.82) is 0 Å². The summed E-state index contributed by atoms with van der Waals surface area (Å²) in [5.74, 6) is 3.70. The number of hydrogen-bond donors (Lipinski definition) is 0. The fourth-order valence-corrected chi connectivity index (χ4v) is 2.94. The van der Waals surface area contributed by atoms with Gasteiger partial charge in [-0.2, -0.15) is 0 Å². The van der Waals surface area contributed by atoms with E-state index in [0.29, 0.717) is 0 Å². The lowest BCUT2D eigenvalue weighted by molar-refractivity contribution is 0.289. The minimum atomic E-state index is 0.915. The summed E-state index contributed by atoms with van der Waals surface area (Å²) in [5, 5.41) is 0. The Morgan fingerprint density at radius 1 is 0.500 bits per heavy atom. The first-order valence-corrected chi connectivity index (χ1v) is 8.51. The topological polar surface area (TPSA) is 0 Å². The van der Waals surface area contributed by atoms with Gasteiger partial charge in [-0.05, 0) is 23.7 Å². The van der Waals surface area contributed by atoms with Crippen LogP contribution in [-0.2, 0) is 0 Å². The molecule has 0 aromatic rings. The SMILES string of the molecule is CCCC(C)CCC(C)C(C)CCC(C)CCC. The van der Waals surface area contributed by atoms with Gasteiger partial charge in [-0.3, -0.25) is 0 Å². The van der Waals surface area contributed by atoms with Crippen molar-refractivity contribution >= 4 is 0 Å². The van der Waals surface area contributed by atoms with Gasteiger partial charge >= 0.3 is 0 Å². The first-order valence-electron chi connectivity index (χ1n) is 8.51. The molecule has 0 fully saturated rings. The van der Waals surface area contributed by atoms with Crippen molar-refractivity contribution in [2.75, 3.05) is 0 Å². The molecule has 4 atom stereocenters. The first kappa shape index (κ1) is 18.0. The highest BCUT2D eigenvalue weighted by molar-refractivity contribution is 4.66. The average Bonchev–Trinajstić information content (AvgIpc) is 2.33. The molecule has 0 rings (SSSR count). The zero-order valence-electron chi connectivity index (χ0n) is 14.0. The monoisotopic (exact) mass is 254 g/mol. The molecule has 0 nitrogen and oxygen atoms in total. The molecule has 110 valence electrons. The fraction of sp³-hybridized carbons (Fsp3) is 1.00. The average molecular weight is 255 g/mol. The fourth-order valence-electron chi connectivity index (χ4n) is 2.94. The van der Waals surface area contributed by atoms with Gasteiger partial charge in [0.25, 0.3) is 0 Å². The Morgan fingerprint density at radius 2 is 0.833 bits per heavy atom. The molecule has 0 aliphatic heterocycles. The van der Waals surface area contributed by atoms with E-state index in [1.54, 1.807) is 0 Å². The molecule has 0 saturated carbocycles. The Balaban J connectivity index is 3.71. The lowest BCUT2D eigenvalue weighted by Crippen LogP contribution is -2.11. The molecule has 0 spiro atoms. The summed E-state index contributed by atoms with van der Waals surface area (Å²) in [6.07, 6.45) is 11.3. The third kappa shape index (κ3) is 9.00. The summed E-state index contributed by atoms with van der Waals surface area (Å²) in [4.78, 5) is 0. The Hall–Kier alpha value is 0. The molecule has 0 aromatic carbocycles.